The molecule has 5 heterocycles. The van der Waals surface area contributed by atoms with Crippen LogP contribution in [0.4, 0.5) is 5.69 Å². The first-order valence-corrected chi connectivity index (χ1v) is 15.5. The maximum absolute atomic E-state index is 10.2. The van der Waals surface area contributed by atoms with Crippen molar-refractivity contribution in [1.82, 2.24) is 19.9 Å². The molecule has 0 bridgehead atoms. The van der Waals surface area contributed by atoms with Crippen molar-refractivity contribution >= 4 is 94.2 Å². The fraction of sp³-hybridized carbons (Fsp3) is 0.357. The molecule has 4 aromatic rings. The largest absolute Gasteiger partial charge is 0.390 e. The lowest BCUT2D eigenvalue weighted by atomic mass is 9.93. The highest BCUT2D eigenvalue weighted by Crippen LogP contribution is 2.38. The summed E-state index contributed by atoms with van der Waals surface area (Å²) in [5.74, 6) is 0. The smallest absolute Gasteiger partial charge is 0.149 e. The highest BCUT2D eigenvalue weighted by Gasteiger charge is 2.30. The Kier molecular flexibility index (Phi) is 9.96. The molecular formula is C28H24Br2Cl3N7O. The summed E-state index contributed by atoms with van der Waals surface area (Å²) >= 11 is 25.2. The van der Waals surface area contributed by atoms with E-state index in [0.29, 0.717) is 52.9 Å². The third kappa shape index (κ3) is 6.85. The van der Waals surface area contributed by atoms with Gasteiger partial charge in [-0.25, -0.2) is 9.97 Å². The Morgan fingerprint density at radius 2 is 1.34 bits per heavy atom. The Bertz CT molecular complexity index is 1710. The van der Waals surface area contributed by atoms with E-state index < -0.39 is 5.60 Å². The number of nitrogens with zero attached hydrogens (tertiary/aromatic N) is 7. The minimum Gasteiger partial charge on any atom is -0.390 e. The highest BCUT2D eigenvalue weighted by atomic mass is 79.9. The summed E-state index contributed by atoms with van der Waals surface area (Å²) in [5.41, 5.74) is 3.66. The molecule has 212 valence electrons. The van der Waals surface area contributed by atoms with Crippen LogP contribution < -0.4 is 4.90 Å². The van der Waals surface area contributed by atoms with Crippen molar-refractivity contribution < 1.29 is 5.11 Å². The molecule has 2 unspecified atom stereocenters. The number of hydrogen-bond donors (Lipinski definition) is 1. The molecule has 4 aromatic heterocycles. The van der Waals surface area contributed by atoms with E-state index in [0.717, 1.165) is 22.5 Å². The van der Waals surface area contributed by atoms with Crippen LogP contribution in [-0.2, 0) is 0 Å². The van der Waals surface area contributed by atoms with E-state index in [-0.39, 0.29) is 25.5 Å². The summed E-state index contributed by atoms with van der Waals surface area (Å²) in [5, 5.41) is 30.9. The summed E-state index contributed by atoms with van der Waals surface area (Å²) in [6, 6.07) is 7.90. The molecule has 1 aliphatic heterocycles. The first kappa shape index (κ1) is 31.6. The van der Waals surface area contributed by atoms with Crippen LogP contribution in [0.3, 0.4) is 0 Å². The number of piperidine rings is 1. The summed E-state index contributed by atoms with van der Waals surface area (Å²) in [7, 11) is 0. The van der Waals surface area contributed by atoms with Crippen LogP contribution in [0.1, 0.15) is 65.8 Å². The number of alkyl halides is 2. The van der Waals surface area contributed by atoms with Crippen molar-refractivity contribution in [2.75, 3.05) is 18.0 Å². The zero-order chi connectivity index (χ0) is 30.1. The summed E-state index contributed by atoms with van der Waals surface area (Å²) < 4.78 is 0. The standard InChI is InChI=1S/C17H18BrClN4O.C11H6BrCl2N3/c1-10(18)13-7-11-14(9-21-13)22-16(19)12(8-20)15(11)23-5-3-17(2,24)4-6-23;1-5(12)8-2-6-9(4-16-8)17-11(14)7(3-15)10(6)13/h7,9-10,24H,3-6H2,1-2H3;2,4-5H,1H3. The topological polar surface area (TPSA) is 123 Å². The number of nitriles is 2. The number of halogens is 5. The Morgan fingerprint density at radius 3 is 1.83 bits per heavy atom. The van der Waals surface area contributed by atoms with Gasteiger partial charge in [0.1, 0.15) is 33.6 Å². The van der Waals surface area contributed by atoms with Crippen LogP contribution >= 0.6 is 66.7 Å². The lowest BCUT2D eigenvalue weighted by Crippen LogP contribution is -2.42. The molecule has 0 aliphatic carbocycles. The highest BCUT2D eigenvalue weighted by molar-refractivity contribution is 9.09. The molecule has 1 N–H and O–H groups in total. The third-order valence-corrected chi connectivity index (χ3v) is 8.68. The molecule has 0 spiro atoms. The summed E-state index contributed by atoms with van der Waals surface area (Å²) in [6.45, 7) is 7.14. The average molecular weight is 741 g/mol. The van der Waals surface area contributed by atoms with E-state index in [1.54, 1.807) is 18.5 Å². The molecule has 0 radical (unpaired) electrons. The number of hydrogen-bond acceptors (Lipinski definition) is 8. The van der Waals surface area contributed by atoms with Gasteiger partial charge >= 0.3 is 0 Å². The van der Waals surface area contributed by atoms with Gasteiger partial charge in [0.15, 0.2) is 0 Å². The third-order valence-electron chi connectivity index (χ3n) is 6.80. The number of fused-ring (bicyclic) bond motifs is 2. The van der Waals surface area contributed by atoms with Gasteiger partial charge in [-0.2, -0.15) is 10.5 Å². The quantitative estimate of drug-likeness (QED) is 0.165. The number of anilines is 1. The van der Waals surface area contributed by atoms with Gasteiger partial charge in [-0.15, -0.1) is 0 Å². The van der Waals surface area contributed by atoms with Gasteiger partial charge in [0, 0.05) is 23.9 Å². The first-order valence-electron chi connectivity index (χ1n) is 12.6. The predicted molar refractivity (Wildman–Crippen MR) is 170 cm³/mol. The van der Waals surface area contributed by atoms with E-state index in [2.05, 4.69) is 62.8 Å². The van der Waals surface area contributed by atoms with Crippen molar-refractivity contribution in [2.24, 2.45) is 0 Å². The van der Waals surface area contributed by atoms with E-state index in [9.17, 15) is 10.4 Å². The Hall–Kier alpha value is -2.31. The second-order valence-corrected chi connectivity index (χ2v) is 13.8. The fourth-order valence-electron chi connectivity index (χ4n) is 4.42. The Balaban J connectivity index is 0.000000201. The van der Waals surface area contributed by atoms with Crippen molar-refractivity contribution in [3.05, 3.63) is 62.4 Å². The zero-order valence-electron chi connectivity index (χ0n) is 22.3. The van der Waals surface area contributed by atoms with Crippen molar-refractivity contribution in [3.8, 4) is 12.1 Å². The van der Waals surface area contributed by atoms with Crippen LogP contribution in [0, 0.1) is 22.7 Å². The Morgan fingerprint density at radius 1 is 0.878 bits per heavy atom. The molecular weight excluding hydrogens is 717 g/mol. The number of rotatable bonds is 3. The van der Waals surface area contributed by atoms with Crippen LogP contribution in [-0.4, -0.2) is 43.7 Å². The maximum atomic E-state index is 10.2. The molecule has 2 atom stereocenters. The molecule has 1 aliphatic rings. The van der Waals surface area contributed by atoms with Crippen LogP contribution in [0.15, 0.2) is 24.5 Å². The van der Waals surface area contributed by atoms with Gasteiger partial charge in [-0.1, -0.05) is 66.7 Å². The molecule has 0 aromatic carbocycles. The minimum atomic E-state index is -0.660. The second-order valence-electron chi connectivity index (χ2n) is 9.91. The SMILES string of the molecule is CC(Br)c1cc2c(Cl)c(C#N)c(Cl)nc2cn1.CC(Br)c1cc2c(N3CCC(C)(O)CC3)c(C#N)c(Cl)nc2cn1. The summed E-state index contributed by atoms with van der Waals surface area (Å²) in [6.07, 6.45) is 4.58. The molecule has 5 rings (SSSR count). The predicted octanol–water partition coefficient (Wildman–Crippen LogP) is 8.23. The van der Waals surface area contributed by atoms with Gasteiger partial charge in [0.25, 0.3) is 0 Å². The molecule has 8 nitrogen and oxygen atoms in total. The van der Waals surface area contributed by atoms with Gasteiger partial charge in [0.2, 0.25) is 0 Å². The van der Waals surface area contributed by atoms with E-state index >= 15 is 0 Å². The van der Waals surface area contributed by atoms with Gasteiger partial charge in [-0.3, -0.25) is 9.97 Å². The second kappa shape index (κ2) is 12.9. The monoisotopic (exact) mass is 737 g/mol. The van der Waals surface area contributed by atoms with Crippen LogP contribution in [0.25, 0.3) is 21.8 Å². The minimum absolute atomic E-state index is 0.0954. The van der Waals surface area contributed by atoms with E-state index in [4.69, 9.17) is 40.1 Å². The van der Waals surface area contributed by atoms with Gasteiger partial charge in [-0.05, 0) is 45.7 Å². The molecule has 13 heteroatoms. The number of aliphatic hydroxyl groups is 1. The van der Waals surface area contributed by atoms with Crippen LogP contribution in [0.2, 0.25) is 15.3 Å². The van der Waals surface area contributed by atoms with Gasteiger partial charge in [0.05, 0.1) is 60.8 Å². The fourth-order valence-corrected chi connectivity index (χ4v) is 5.71. The molecule has 1 fully saturated rings. The normalized spacial score (nSPS) is 15.9. The molecule has 1 saturated heterocycles. The van der Waals surface area contributed by atoms with Crippen molar-refractivity contribution in [3.63, 3.8) is 0 Å². The number of aromatic nitrogens is 4. The van der Waals surface area contributed by atoms with E-state index in [1.165, 1.54) is 0 Å². The summed E-state index contributed by atoms with van der Waals surface area (Å²) in [4.78, 5) is 19.4. The molecule has 0 saturated carbocycles. The Labute approximate surface area is 269 Å². The average Bonchev–Trinajstić information content (AvgIpc) is 2.92. The lowest BCUT2D eigenvalue weighted by molar-refractivity contribution is 0.0352. The first-order chi connectivity index (χ1) is 19.4. The van der Waals surface area contributed by atoms with Crippen LogP contribution in [0.5, 0.6) is 0 Å². The molecule has 41 heavy (non-hydrogen) atoms. The number of pyridine rings is 4. The molecule has 0 amide bonds. The van der Waals surface area contributed by atoms with Gasteiger partial charge < -0.3 is 10.0 Å². The zero-order valence-corrected chi connectivity index (χ0v) is 27.7. The van der Waals surface area contributed by atoms with E-state index in [1.807, 2.05) is 32.9 Å². The van der Waals surface area contributed by atoms with Crippen molar-refractivity contribution in [1.29, 1.82) is 10.5 Å². The van der Waals surface area contributed by atoms with Crippen molar-refractivity contribution in [2.45, 2.75) is 48.9 Å². The lowest BCUT2D eigenvalue weighted by Gasteiger charge is -2.38. The maximum Gasteiger partial charge on any atom is 0.149 e.